The lowest BCUT2D eigenvalue weighted by molar-refractivity contribution is 0.286. The van der Waals surface area contributed by atoms with E-state index in [1.165, 1.54) is 0 Å². The number of ether oxygens (including phenoxy) is 1. The quantitative estimate of drug-likeness (QED) is 0.877. The highest BCUT2D eigenvalue weighted by molar-refractivity contribution is 9.10. The fourth-order valence-corrected chi connectivity index (χ4v) is 2.43. The van der Waals surface area contributed by atoms with E-state index in [4.69, 9.17) is 4.74 Å². The molecule has 1 N–H and O–H groups in total. The maximum atomic E-state index is 5.96. The SMILES string of the molecule is CCNC(C)c1ccc(Br)cc1OCc1nccn1C. The highest BCUT2D eigenvalue weighted by atomic mass is 79.9. The highest BCUT2D eigenvalue weighted by Gasteiger charge is 2.12. The molecule has 0 fully saturated rings. The number of nitrogens with one attached hydrogen (secondary N) is 1. The van der Waals surface area contributed by atoms with Gasteiger partial charge in [-0.25, -0.2) is 4.98 Å². The van der Waals surface area contributed by atoms with Gasteiger partial charge in [0.25, 0.3) is 0 Å². The lowest BCUT2D eigenvalue weighted by atomic mass is 10.1. The molecule has 0 bridgehead atoms. The average Bonchev–Trinajstić information content (AvgIpc) is 2.82. The monoisotopic (exact) mass is 337 g/mol. The van der Waals surface area contributed by atoms with E-state index in [-0.39, 0.29) is 6.04 Å². The van der Waals surface area contributed by atoms with Crippen LogP contribution in [0, 0.1) is 0 Å². The summed E-state index contributed by atoms with van der Waals surface area (Å²) < 4.78 is 8.93. The third kappa shape index (κ3) is 3.61. The summed E-state index contributed by atoms with van der Waals surface area (Å²) in [6.45, 7) is 5.63. The number of imidazole rings is 1. The Kier molecular flexibility index (Phi) is 5.20. The molecule has 1 aromatic carbocycles. The summed E-state index contributed by atoms with van der Waals surface area (Å²) in [5, 5.41) is 3.41. The van der Waals surface area contributed by atoms with Crippen LogP contribution in [-0.2, 0) is 13.7 Å². The molecule has 2 aromatic rings. The van der Waals surface area contributed by atoms with E-state index >= 15 is 0 Å². The molecule has 0 amide bonds. The zero-order chi connectivity index (χ0) is 14.5. The summed E-state index contributed by atoms with van der Waals surface area (Å²) in [4.78, 5) is 4.27. The van der Waals surface area contributed by atoms with Gasteiger partial charge in [0.2, 0.25) is 0 Å². The van der Waals surface area contributed by atoms with Gasteiger partial charge in [-0.05, 0) is 25.6 Å². The van der Waals surface area contributed by atoms with Crippen molar-refractivity contribution in [3.05, 3.63) is 46.5 Å². The number of aromatic nitrogens is 2. The van der Waals surface area contributed by atoms with Gasteiger partial charge >= 0.3 is 0 Å². The van der Waals surface area contributed by atoms with Crippen molar-refractivity contribution in [1.29, 1.82) is 0 Å². The van der Waals surface area contributed by atoms with Crippen LogP contribution in [0.5, 0.6) is 5.75 Å². The summed E-state index contributed by atoms with van der Waals surface area (Å²) in [7, 11) is 1.97. The summed E-state index contributed by atoms with van der Waals surface area (Å²) >= 11 is 3.50. The molecule has 2 rings (SSSR count). The Morgan fingerprint density at radius 1 is 1.45 bits per heavy atom. The lowest BCUT2D eigenvalue weighted by Crippen LogP contribution is -2.18. The van der Waals surface area contributed by atoms with E-state index in [1.54, 1.807) is 6.20 Å². The Morgan fingerprint density at radius 2 is 2.25 bits per heavy atom. The van der Waals surface area contributed by atoms with Crippen LogP contribution in [0.2, 0.25) is 0 Å². The first-order valence-electron chi connectivity index (χ1n) is 6.73. The normalized spacial score (nSPS) is 12.4. The Labute approximate surface area is 128 Å². The molecule has 0 aliphatic heterocycles. The molecule has 0 aliphatic rings. The van der Waals surface area contributed by atoms with Crippen molar-refractivity contribution in [2.24, 2.45) is 7.05 Å². The minimum atomic E-state index is 0.254. The molecule has 4 nitrogen and oxygen atoms in total. The van der Waals surface area contributed by atoms with Gasteiger partial charge in [-0.2, -0.15) is 0 Å². The summed E-state index contributed by atoms with van der Waals surface area (Å²) in [6.07, 6.45) is 3.70. The Bertz CT molecular complexity index is 568. The fraction of sp³-hybridized carbons (Fsp3) is 0.400. The van der Waals surface area contributed by atoms with Crippen molar-refractivity contribution >= 4 is 15.9 Å². The molecule has 0 radical (unpaired) electrons. The summed E-state index contributed by atoms with van der Waals surface area (Å²) in [5.74, 6) is 1.79. The molecule has 0 aliphatic carbocycles. The van der Waals surface area contributed by atoms with E-state index in [0.29, 0.717) is 6.61 Å². The maximum Gasteiger partial charge on any atom is 0.146 e. The Morgan fingerprint density at radius 3 is 2.90 bits per heavy atom. The maximum absolute atomic E-state index is 5.96. The second-order valence-corrected chi connectivity index (χ2v) is 5.62. The molecule has 1 aromatic heterocycles. The molecule has 0 saturated heterocycles. The van der Waals surface area contributed by atoms with Crippen molar-refractivity contribution in [1.82, 2.24) is 14.9 Å². The number of hydrogen-bond acceptors (Lipinski definition) is 3. The highest BCUT2D eigenvalue weighted by Crippen LogP contribution is 2.29. The van der Waals surface area contributed by atoms with E-state index in [1.807, 2.05) is 29.9 Å². The van der Waals surface area contributed by atoms with Gasteiger partial charge in [0.15, 0.2) is 0 Å². The standard InChI is InChI=1S/C15H20BrN3O/c1-4-17-11(2)13-6-5-12(16)9-14(13)20-10-15-18-7-8-19(15)3/h5-9,11,17H,4,10H2,1-3H3. The van der Waals surface area contributed by atoms with E-state index in [9.17, 15) is 0 Å². The van der Waals surface area contributed by atoms with E-state index < -0.39 is 0 Å². The minimum absolute atomic E-state index is 0.254. The topological polar surface area (TPSA) is 39.1 Å². The van der Waals surface area contributed by atoms with E-state index in [0.717, 1.165) is 28.2 Å². The van der Waals surface area contributed by atoms with Crippen LogP contribution >= 0.6 is 15.9 Å². The van der Waals surface area contributed by atoms with E-state index in [2.05, 4.69) is 46.1 Å². The van der Waals surface area contributed by atoms with Gasteiger partial charge in [-0.3, -0.25) is 0 Å². The van der Waals surface area contributed by atoms with Crippen LogP contribution in [0.3, 0.4) is 0 Å². The third-order valence-electron chi connectivity index (χ3n) is 3.23. The van der Waals surface area contributed by atoms with Crippen molar-refractivity contribution in [3.63, 3.8) is 0 Å². The van der Waals surface area contributed by atoms with Gasteiger partial charge < -0.3 is 14.6 Å². The average molecular weight is 338 g/mol. The first-order chi connectivity index (χ1) is 9.61. The van der Waals surface area contributed by atoms with Gasteiger partial charge in [0.05, 0.1) is 0 Å². The number of rotatable bonds is 6. The van der Waals surface area contributed by atoms with Gasteiger partial charge in [-0.1, -0.05) is 28.9 Å². The molecule has 5 heteroatoms. The second kappa shape index (κ2) is 6.90. The van der Waals surface area contributed by atoms with Crippen molar-refractivity contribution in [2.75, 3.05) is 6.54 Å². The van der Waals surface area contributed by atoms with Crippen LogP contribution in [0.15, 0.2) is 35.1 Å². The zero-order valence-corrected chi connectivity index (χ0v) is 13.6. The van der Waals surface area contributed by atoms with Crippen molar-refractivity contribution in [3.8, 4) is 5.75 Å². The summed E-state index contributed by atoms with van der Waals surface area (Å²) in [5.41, 5.74) is 1.16. The molecule has 1 unspecified atom stereocenters. The number of benzene rings is 1. The van der Waals surface area contributed by atoms with Crippen molar-refractivity contribution in [2.45, 2.75) is 26.5 Å². The number of hydrogen-bond donors (Lipinski definition) is 1. The molecule has 108 valence electrons. The predicted octanol–water partition coefficient (Wildman–Crippen LogP) is 3.43. The molecular weight excluding hydrogens is 318 g/mol. The van der Waals surface area contributed by atoms with Crippen molar-refractivity contribution < 1.29 is 4.74 Å². The first-order valence-corrected chi connectivity index (χ1v) is 7.53. The van der Waals surface area contributed by atoms with Crippen LogP contribution in [-0.4, -0.2) is 16.1 Å². The minimum Gasteiger partial charge on any atom is -0.485 e. The molecule has 20 heavy (non-hydrogen) atoms. The number of aryl methyl sites for hydroxylation is 1. The van der Waals surface area contributed by atoms with Gasteiger partial charge in [0, 0.05) is 35.5 Å². The van der Waals surface area contributed by atoms with Crippen LogP contribution in [0.4, 0.5) is 0 Å². The summed E-state index contributed by atoms with van der Waals surface area (Å²) in [6, 6.07) is 6.39. The first kappa shape index (κ1) is 15.1. The largest absolute Gasteiger partial charge is 0.485 e. The fourth-order valence-electron chi connectivity index (χ4n) is 2.08. The van der Waals surface area contributed by atoms with Gasteiger partial charge in [-0.15, -0.1) is 0 Å². The lowest BCUT2D eigenvalue weighted by Gasteiger charge is -2.18. The Hall–Kier alpha value is -1.33. The van der Waals surface area contributed by atoms with Crippen LogP contribution in [0.25, 0.3) is 0 Å². The zero-order valence-electron chi connectivity index (χ0n) is 12.1. The Balaban J connectivity index is 2.17. The molecular formula is C15H20BrN3O. The smallest absolute Gasteiger partial charge is 0.146 e. The number of nitrogens with zero attached hydrogens (tertiary/aromatic N) is 2. The molecule has 0 saturated carbocycles. The van der Waals surface area contributed by atoms with Crippen LogP contribution < -0.4 is 10.1 Å². The third-order valence-corrected chi connectivity index (χ3v) is 3.72. The second-order valence-electron chi connectivity index (χ2n) is 4.70. The molecule has 1 atom stereocenters. The number of halogens is 1. The molecule has 0 spiro atoms. The predicted molar refractivity (Wildman–Crippen MR) is 83.8 cm³/mol. The van der Waals surface area contributed by atoms with Crippen LogP contribution in [0.1, 0.15) is 31.3 Å². The van der Waals surface area contributed by atoms with Gasteiger partial charge in [0.1, 0.15) is 18.2 Å². The molecule has 1 heterocycles.